The normalized spacial score (nSPS) is 18.9. The number of halogens is 1. The third kappa shape index (κ3) is 3.06. The van der Waals surface area contributed by atoms with Crippen molar-refractivity contribution in [1.29, 1.82) is 0 Å². The molecule has 3 aromatic rings. The van der Waals surface area contributed by atoms with Crippen LogP contribution < -0.4 is 9.64 Å². The summed E-state index contributed by atoms with van der Waals surface area (Å²) in [6.07, 6.45) is 2.13. The lowest BCUT2D eigenvalue weighted by atomic mass is 9.91. The molecule has 27 heavy (non-hydrogen) atoms. The van der Waals surface area contributed by atoms with Gasteiger partial charge >= 0.3 is 0 Å². The minimum absolute atomic E-state index is 0.0809. The molecule has 0 fully saturated rings. The molecular weight excluding hydrogens is 364 g/mol. The third-order valence-corrected chi connectivity index (χ3v) is 5.17. The van der Waals surface area contributed by atoms with Gasteiger partial charge in [0.2, 0.25) is 11.9 Å². The number of benzene rings is 2. The van der Waals surface area contributed by atoms with E-state index in [-0.39, 0.29) is 18.0 Å². The molecule has 0 aliphatic carbocycles. The molecular formula is C20H19ClN4O2. The van der Waals surface area contributed by atoms with E-state index in [1.165, 1.54) is 6.33 Å². The molecule has 0 bridgehead atoms. The van der Waals surface area contributed by atoms with Crippen LogP contribution in [0.5, 0.6) is 5.75 Å². The molecule has 0 spiro atoms. The Balaban J connectivity index is 1.86. The number of rotatable bonds is 3. The molecule has 0 saturated heterocycles. The van der Waals surface area contributed by atoms with E-state index in [1.54, 1.807) is 23.6 Å². The topological polar surface area (TPSA) is 60.2 Å². The molecule has 0 radical (unpaired) electrons. The van der Waals surface area contributed by atoms with Crippen LogP contribution in [0.4, 0.5) is 5.95 Å². The molecule has 2 aromatic carbocycles. The largest absolute Gasteiger partial charge is 0.496 e. The monoisotopic (exact) mass is 382 g/mol. The van der Waals surface area contributed by atoms with Crippen LogP contribution in [0.3, 0.4) is 0 Å². The average molecular weight is 383 g/mol. The van der Waals surface area contributed by atoms with E-state index in [9.17, 15) is 4.79 Å². The Hall–Kier alpha value is -2.86. The van der Waals surface area contributed by atoms with Crippen LogP contribution in [0.2, 0.25) is 5.02 Å². The van der Waals surface area contributed by atoms with Gasteiger partial charge in [-0.15, -0.1) is 0 Å². The lowest BCUT2D eigenvalue weighted by Crippen LogP contribution is -2.41. The Morgan fingerprint density at radius 3 is 2.59 bits per heavy atom. The number of ether oxygens (including phenoxy) is 1. The zero-order valence-electron chi connectivity index (χ0n) is 15.0. The molecule has 2 heterocycles. The van der Waals surface area contributed by atoms with E-state index in [1.807, 2.05) is 48.5 Å². The lowest BCUT2D eigenvalue weighted by Gasteiger charge is -2.38. The van der Waals surface area contributed by atoms with Crippen molar-refractivity contribution in [2.45, 2.75) is 25.4 Å². The zero-order chi connectivity index (χ0) is 19.0. The number of hydrogen-bond donors (Lipinski definition) is 0. The predicted octanol–water partition coefficient (Wildman–Crippen LogP) is 4.03. The van der Waals surface area contributed by atoms with Gasteiger partial charge in [-0.25, -0.2) is 4.68 Å². The fourth-order valence-electron chi connectivity index (χ4n) is 3.72. The summed E-state index contributed by atoms with van der Waals surface area (Å²) in [6.45, 7) is 1.55. The second kappa shape index (κ2) is 7.04. The molecule has 7 heteroatoms. The second-order valence-corrected chi connectivity index (χ2v) is 6.89. The number of hydrogen-bond acceptors (Lipinski definition) is 4. The fourth-order valence-corrected chi connectivity index (χ4v) is 3.85. The molecule has 1 aliphatic heterocycles. The first kappa shape index (κ1) is 17.5. The van der Waals surface area contributed by atoms with Crippen molar-refractivity contribution in [3.63, 3.8) is 0 Å². The van der Waals surface area contributed by atoms with Crippen molar-refractivity contribution in [2.75, 3.05) is 12.0 Å². The highest BCUT2D eigenvalue weighted by molar-refractivity contribution is 6.30. The molecule has 0 N–H and O–H groups in total. The van der Waals surface area contributed by atoms with Gasteiger partial charge in [0.1, 0.15) is 12.1 Å². The van der Waals surface area contributed by atoms with E-state index in [0.29, 0.717) is 17.4 Å². The molecule has 1 aromatic heterocycles. The number of anilines is 1. The summed E-state index contributed by atoms with van der Waals surface area (Å²) in [7, 11) is 1.66. The van der Waals surface area contributed by atoms with Crippen LogP contribution in [0.15, 0.2) is 54.9 Å². The van der Waals surface area contributed by atoms with Gasteiger partial charge in [0.15, 0.2) is 0 Å². The highest BCUT2D eigenvalue weighted by Gasteiger charge is 2.38. The first-order valence-corrected chi connectivity index (χ1v) is 9.05. The maximum absolute atomic E-state index is 12.5. The number of amides is 1. The van der Waals surface area contributed by atoms with Gasteiger partial charge in [0.05, 0.1) is 19.2 Å². The Kier molecular flexibility index (Phi) is 4.58. The zero-order valence-corrected chi connectivity index (χ0v) is 15.8. The van der Waals surface area contributed by atoms with E-state index < -0.39 is 0 Å². The van der Waals surface area contributed by atoms with Gasteiger partial charge in [0.25, 0.3) is 0 Å². The highest BCUT2D eigenvalue weighted by Crippen LogP contribution is 2.43. The fraction of sp³-hybridized carbons (Fsp3) is 0.250. The summed E-state index contributed by atoms with van der Waals surface area (Å²) in [5.74, 6) is 1.24. The molecule has 6 nitrogen and oxygen atoms in total. The van der Waals surface area contributed by atoms with Crippen molar-refractivity contribution in [2.24, 2.45) is 0 Å². The van der Waals surface area contributed by atoms with Crippen LogP contribution in [-0.4, -0.2) is 27.8 Å². The number of methoxy groups -OCH3 is 1. The molecule has 138 valence electrons. The Bertz CT molecular complexity index is 970. The maximum atomic E-state index is 12.5. The van der Waals surface area contributed by atoms with Gasteiger partial charge < -0.3 is 4.74 Å². The molecule has 0 unspecified atom stereocenters. The number of carbonyl (C=O) groups excluding carboxylic acids is 1. The van der Waals surface area contributed by atoms with E-state index in [4.69, 9.17) is 16.3 Å². The summed E-state index contributed by atoms with van der Waals surface area (Å²) in [6, 6.07) is 15.2. The minimum atomic E-state index is -0.175. The van der Waals surface area contributed by atoms with Crippen molar-refractivity contribution in [3.05, 3.63) is 71.0 Å². The number of para-hydroxylation sites is 1. The maximum Gasteiger partial charge on any atom is 0.231 e. The minimum Gasteiger partial charge on any atom is -0.496 e. The van der Waals surface area contributed by atoms with Crippen LogP contribution in [-0.2, 0) is 4.79 Å². The summed E-state index contributed by atoms with van der Waals surface area (Å²) < 4.78 is 7.36. The van der Waals surface area contributed by atoms with Crippen molar-refractivity contribution >= 4 is 23.5 Å². The summed E-state index contributed by atoms with van der Waals surface area (Å²) in [5.41, 5.74) is 2.01. The van der Waals surface area contributed by atoms with Gasteiger partial charge in [-0.05, 0) is 30.2 Å². The van der Waals surface area contributed by atoms with Crippen LogP contribution in [0.1, 0.15) is 36.6 Å². The van der Waals surface area contributed by atoms with Crippen LogP contribution >= 0.6 is 11.6 Å². The quantitative estimate of drug-likeness (QED) is 0.686. The highest BCUT2D eigenvalue weighted by atomic mass is 35.5. The van der Waals surface area contributed by atoms with Gasteiger partial charge in [0, 0.05) is 17.5 Å². The predicted molar refractivity (Wildman–Crippen MR) is 103 cm³/mol. The SMILES string of the molecule is COc1ccccc1[C@H]1C[C@H](c2ccc(Cl)cc2)N(C(C)=O)c2ncnn21. The van der Waals surface area contributed by atoms with Crippen molar-refractivity contribution in [1.82, 2.24) is 14.8 Å². The van der Waals surface area contributed by atoms with Crippen molar-refractivity contribution < 1.29 is 9.53 Å². The summed E-state index contributed by atoms with van der Waals surface area (Å²) >= 11 is 6.05. The van der Waals surface area contributed by atoms with Gasteiger partial charge in [-0.2, -0.15) is 10.1 Å². The van der Waals surface area contributed by atoms with Gasteiger partial charge in [-0.1, -0.05) is 41.9 Å². The molecule has 4 rings (SSSR count). The Morgan fingerprint density at radius 2 is 1.89 bits per heavy atom. The number of carbonyl (C=O) groups is 1. The van der Waals surface area contributed by atoms with Crippen LogP contribution in [0.25, 0.3) is 0 Å². The first-order chi connectivity index (χ1) is 13.1. The van der Waals surface area contributed by atoms with Crippen LogP contribution in [0, 0.1) is 0 Å². The number of aromatic nitrogens is 3. The van der Waals surface area contributed by atoms with Gasteiger partial charge in [-0.3, -0.25) is 9.69 Å². The lowest BCUT2D eigenvalue weighted by molar-refractivity contribution is -0.117. The van der Waals surface area contributed by atoms with Crippen molar-refractivity contribution in [3.8, 4) is 5.75 Å². The summed E-state index contributed by atoms with van der Waals surface area (Å²) in [4.78, 5) is 18.5. The molecule has 0 saturated carbocycles. The van der Waals surface area contributed by atoms with E-state index >= 15 is 0 Å². The smallest absolute Gasteiger partial charge is 0.231 e. The number of fused-ring (bicyclic) bond motifs is 1. The average Bonchev–Trinajstić information content (AvgIpc) is 3.16. The van der Waals surface area contributed by atoms with E-state index in [2.05, 4.69) is 10.1 Å². The first-order valence-electron chi connectivity index (χ1n) is 8.68. The Morgan fingerprint density at radius 1 is 1.15 bits per heavy atom. The molecule has 1 amide bonds. The Labute approximate surface area is 162 Å². The summed E-state index contributed by atoms with van der Waals surface area (Å²) in [5, 5.41) is 5.06. The molecule has 2 atom stereocenters. The molecule has 1 aliphatic rings. The third-order valence-electron chi connectivity index (χ3n) is 4.91. The second-order valence-electron chi connectivity index (χ2n) is 6.45. The number of nitrogens with zero attached hydrogens (tertiary/aromatic N) is 4. The van der Waals surface area contributed by atoms with E-state index in [0.717, 1.165) is 16.9 Å². The standard InChI is InChI=1S/C20H19ClN4O2/c1-13(26)24-17(14-7-9-15(21)10-8-14)11-18(25-20(24)22-12-23-25)16-5-3-4-6-19(16)27-2/h3-10,12,17-18H,11H2,1-2H3/t17-,18-/m1/s1.